The minimum atomic E-state index is 0.252. The summed E-state index contributed by atoms with van der Waals surface area (Å²) in [7, 11) is 1.73. The number of aryl methyl sites for hydroxylation is 2. The van der Waals surface area contributed by atoms with Crippen molar-refractivity contribution in [2.24, 2.45) is 0 Å². The van der Waals surface area contributed by atoms with Gasteiger partial charge < -0.3 is 10.1 Å². The van der Waals surface area contributed by atoms with Crippen LogP contribution in [0, 0.1) is 13.8 Å². The summed E-state index contributed by atoms with van der Waals surface area (Å²) in [6.07, 6.45) is 2.27. The Morgan fingerprint density at radius 2 is 2.00 bits per heavy atom. The van der Waals surface area contributed by atoms with Crippen LogP contribution < -0.4 is 10.1 Å². The van der Waals surface area contributed by atoms with Crippen molar-refractivity contribution in [3.63, 3.8) is 0 Å². The van der Waals surface area contributed by atoms with E-state index >= 15 is 0 Å². The molecule has 2 nitrogen and oxygen atoms in total. The number of nitrogens with one attached hydrogen (secondary N) is 1. The average molecular weight is 295 g/mol. The van der Waals surface area contributed by atoms with Crippen molar-refractivity contribution in [1.82, 2.24) is 5.32 Å². The van der Waals surface area contributed by atoms with Crippen LogP contribution >= 0.6 is 0 Å². The molecular formula is C20H25NO. The van der Waals surface area contributed by atoms with Gasteiger partial charge in [0.1, 0.15) is 5.75 Å². The van der Waals surface area contributed by atoms with Crippen molar-refractivity contribution in [2.75, 3.05) is 7.11 Å². The van der Waals surface area contributed by atoms with Gasteiger partial charge in [0, 0.05) is 6.04 Å². The smallest absolute Gasteiger partial charge is 0.119 e. The van der Waals surface area contributed by atoms with Gasteiger partial charge in [-0.2, -0.15) is 0 Å². The van der Waals surface area contributed by atoms with Gasteiger partial charge in [0.2, 0.25) is 0 Å². The lowest BCUT2D eigenvalue weighted by atomic mass is 9.83. The topological polar surface area (TPSA) is 21.3 Å². The van der Waals surface area contributed by atoms with E-state index < -0.39 is 0 Å². The van der Waals surface area contributed by atoms with Crippen molar-refractivity contribution in [3.05, 3.63) is 64.2 Å². The molecule has 0 bridgehead atoms. The molecule has 1 N–H and O–H groups in total. The first kappa shape index (κ1) is 15.1. The normalized spacial score (nSPS) is 20.5. The number of ether oxygens (including phenoxy) is 1. The summed E-state index contributed by atoms with van der Waals surface area (Å²) in [5.41, 5.74) is 6.98. The summed E-state index contributed by atoms with van der Waals surface area (Å²) < 4.78 is 5.41. The predicted molar refractivity (Wildman–Crippen MR) is 91.7 cm³/mol. The molecule has 2 atom stereocenters. The largest absolute Gasteiger partial charge is 0.497 e. The Balaban J connectivity index is 2.11. The van der Waals surface area contributed by atoms with Crippen molar-refractivity contribution >= 4 is 0 Å². The molecule has 116 valence electrons. The van der Waals surface area contributed by atoms with E-state index in [1.807, 2.05) is 6.07 Å². The molecule has 2 aromatic rings. The Labute approximate surface area is 133 Å². The maximum atomic E-state index is 5.41. The molecule has 2 unspecified atom stereocenters. The van der Waals surface area contributed by atoms with Gasteiger partial charge in [-0.25, -0.2) is 0 Å². The fourth-order valence-corrected chi connectivity index (χ4v) is 3.56. The van der Waals surface area contributed by atoms with Crippen molar-refractivity contribution < 1.29 is 4.74 Å². The fourth-order valence-electron chi connectivity index (χ4n) is 3.56. The monoisotopic (exact) mass is 295 g/mol. The molecule has 2 aromatic carbocycles. The summed E-state index contributed by atoms with van der Waals surface area (Å²) in [5.74, 6) is 0.920. The highest BCUT2D eigenvalue weighted by Gasteiger charge is 2.27. The van der Waals surface area contributed by atoms with Crippen LogP contribution in [0.5, 0.6) is 5.75 Å². The summed E-state index contributed by atoms with van der Waals surface area (Å²) in [6.45, 7) is 6.68. The highest BCUT2D eigenvalue weighted by molar-refractivity contribution is 5.47. The lowest BCUT2D eigenvalue weighted by molar-refractivity contribution is 0.408. The van der Waals surface area contributed by atoms with Gasteiger partial charge in [-0.05, 0) is 61.1 Å². The van der Waals surface area contributed by atoms with Crippen molar-refractivity contribution in [3.8, 4) is 5.75 Å². The molecule has 0 aliphatic carbocycles. The van der Waals surface area contributed by atoms with E-state index in [9.17, 15) is 0 Å². The van der Waals surface area contributed by atoms with Gasteiger partial charge in [-0.1, -0.05) is 36.8 Å². The molecule has 0 saturated heterocycles. The second kappa shape index (κ2) is 6.13. The Morgan fingerprint density at radius 3 is 2.73 bits per heavy atom. The van der Waals surface area contributed by atoms with E-state index in [1.165, 1.54) is 27.8 Å². The van der Waals surface area contributed by atoms with Crippen LogP contribution in [-0.2, 0) is 6.42 Å². The molecule has 1 aliphatic heterocycles. The van der Waals surface area contributed by atoms with E-state index in [-0.39, 0.29) is 6.04 Å². The van der Waals surface area contributed by atoms with E-state index in [2.05, 4.69) is 56.4 Å². The number of fused-ring (bicyclic) bond motifs is 1. The standard InChI is InChI=1S/C20H25NO/c1-5-16-12-18-14(3)9-13(2)10-19(18)20(21-16)15-7-6-8-17(11-15)22-4/h6-11,16,20-21H,5,12H2,1-4H3. The maximum absolute atomic E-state index is 5.41. The van der Waals surface area contributed by atoms with Crippen LogP contribution in [0.1, 0.15) is 47.2 Å². The Hall–Kier alpha value is -1.80. The lowest BCUT2D eigenvalue weighted by Gasteiger charge is -2.34. The van der Waals surface area contributed by atoms with E-state index in [0.717, 1.165) is 18.6 Å². The quantitative estimate of drug-likeness (QED) is 0.910. The average Bonchev–Trinajstić information content (AvgIpc) is 2.54. The van der Waals surface area contributed by atoms with Crippen molar-refractivity contribution in [1.29, 1.82) is 0 Å². The Morgan fingerprint density at radius 1 is 1.18 bits per heavy atom. The Kier molecular flexibility index (Phi) is 4.21. The minimum Gasteiger partial charge on any atom is -0.497 e. The van der Waals surface area contributed by atoms with E-state index in [4.69, 9.17) is 4.74 Å². The van der Waals surface area contributed by atoms with Crippen LogP contribution in [0.4, 0.5) is 0 Å². The van der Waals surface area contributed by atoms with E-state index in [0.29, 0.717) is 6.04 Å². The predicted octanol–water partition coefficient (Wildman–Crippen LogP) is 4.33. The molecule has 0 fully saturated rings. The fraction of sp³-hybridized carbons (Fsp3) is 0.400. The summed E-state index contributed by atoms with van der Waals surface area (Å²) in [4.78, 5) is 0. The third-order valence-corrected chi connectivity index (χ3v) is 4.74. The van der Waals surface area contributed by atoms with Gasteiger partial charge in [0.15, 0.2) is 0 Å². The molecule has 2 heteroatoms. The zero-order chi connectivity index (χ0) is 15.7. The van der Waals surface area contributed by atoms with Gasteiger partial charge in [-0.15, -0.1) is 0 Å². The third-order valence-electron chi connectivity index (χ3n) is 4.74. The molecular weight excluding hydrogens is 270 g/mol. The van der Waals surface area contributed by atoms with Gasteiger partial charge in [0.05, 0.1) is 13.2 Å². The zero-order valence-corrected chi connectivity index (χ0v) is 13.9. The molecule has 0 spiro atoms. The lowest BCUT2D eigenvalue weighted by Crippen LogP contribution is -2.40. The van der Waals surface area contributed by atoms with E-state index in [1.54, 1.807) is 7.11 Å². The highest BCUT2D eigenvalue weighted by atomic mass is 16.5. The first-order valence-corrected chi connectivity index (χ1v) is 8.12. The third kappa shape index (κ3) is 2.76. The number of rotatable bonds is 3. The van der Waals surface area contributed by atoms with Gasteiger partial charge in [0.25, 0.3) is 0 Å². The molecule has 0 saturated carbocycles. The van der Waals surface area contributed by atoms with Gasteiger partial charge in [-0.3, -0.25) is 0 Å². The minimum absolute atomic E-state index is 0.252. The second-order valence-corrected chi connectivity index (χ2v) is 6.34. The molecule has 22 heavy (non-hydrogen) atoms. The number of benzene rings is 2. The summed E-state index contributed by atoms with van der Waals surface area (Å²) >= 11 is 0. The van der Waals surface area contributed by atoms with Crippen LogP contribution in [0.2, 0.25) is 0 Å². The van der Waals surface area contributed by atoms with Crippen molar-refractivity contribution in [2.45, 2.75) is 45.7 Å². The summed E-state index contributed by atoms with van der Waals surface area (Å²) in [6, 6.07) is 13.9. The van der Waals surface area contributed by atoms with Crippen LogP contribution in [0.15, 0.2) is 36.4 Å². The molecule has 0 radical (unpaired) electrons. The Bertz CT molecular complexity index is 677. The summed E-state index contributed by atoms with van der Waals surface area (Å²) in [5, 5.41) is 3.83. The molecule has 3 rings (SSSR count). The zero-order valence-electron chi connectivity index (χ0n) is 13.9. The molecule has 0 aromatic heterocycles. The SMILES string of the molecule is CCC1Cc2c(C)cc(C)cc2C(c2cccc(OC)c2)N1. The number of hydrogen-bond donors (Lipinski definition) is 1. The number of hydrogen-bond acceptors (Lipinski definition) is 2. The first-order chi connectivity index (χ1) is 10.6. The second-order valence-electron chi connectivity index (χ2n) is 6.34. The highest BCUT2D eigenvalue weighted by Crippen LogP contribution is 2.35. The maximum Gasteiger partial charge on any atom is 0.119 e. The van der Waals surface area contributed by atoms with Crippen LogP contribution in [0.3, 0.4) is 0 Å². The first-order valence-electron chi connectivity index (χ1n) is 8.12. The van der Waals surface area contributed by atoms with Crippen LogP contribution in [0.25, 0.3) is 0 Å². The van der Waals surface area contributed by atoms with Gasteiger partial charge >= 0.3 is 0 Å². The molecule has 1 aliphatic rings. The number of methoxy groups -OCH3 is 1. The molecule has 1 heterocycles. The molecule has 0 amide bonds. The van der Waals surface area contributed by atoms with Crippen LogP contribution in [-0.4, -0.2) is 13.2 Å².